The molecule has 3 aromatic rings. The quantitative estimate of drug-likeness (QED) is 0.384. The van der Waals surface area contributed by atoms with Crippen molar-refractivity contribution in [2.24, 2.45) is 5.14 Å². The molecule has 1 aliphatic heterocycles. The van der Waals surface area contributed by atoms with Gasteiger partial charge in [-0.15, -0.1) is 11.3 Å². The van der Waals surface area contributed by atoms with Gasteiger partial charge in [-0.05, 0) is 55.3 Å². The Bertz CT molecular complexity index is 1430. The number of methoxy groups -OCH3 is 1. The fraction of sp³-hybridized carbons (Fsp3) is 0.308. The van der Waals surface area contributed by atoms with Gasteiger partial charge in [-0.1, -0.05) is 6.07 Å². The molecule has 0 unspecified atom stereocenters. The van der Waals surface area contributed by atoms with Crippen molar-refractivity contribution in [2.45, 2.75) is 36.5 Å². The summed E-state index contributed by atoms with van der Waals surface area (Å²) in [6, 6.07) is 12.5. The van der Waals surface area contributed by atoms with Gasteiger partial charge >= 0.3 is 0 Å². The number of carbonyl (C=O) groups excluding carboxylic acids is 3. The van der Waals surface area contributed by atoms with Crippen molar-refractivity contribution < 1.29 is 27.5 Å². The number of anilines is 1. The minimum Gasteiger partial charge on any atom is -0.497 e. The lowest BCUT2D eigenvalue weighted by molar-refractivity contribution is -0.132. The molecule has 12 heteroatoms. The Balaban J connectivity index is 1.26. The topological polar surface area (TPSA) is 149 Å². The standard InChI is InChI=1S/C26H28N4O6S2/c1-36-20-7-5-17(6-8-20)23(31)9-10-24(32)30-13-11-18(12-14-30)26-29-22(16-37-26)25(33)28-19-3-2-4-21(15-19)38(27,34)35/h2-8,15-16,18H,9-14H2,1H3,(H,28,33)(H2,27,34,35). The molecule has 1 saturated heterocycles. The van der Waals surface area contributed by atoms with Crippen LogP contribution in [0.25, 0.3) is 0 Å². The molecule has 0 aliphatic carbocycles. The number of hydrogen-bond donors (Lipinski definition) is 2. The number of nitrogens with one attached hydrogen (secondary N) is 1. The van der Waals surface area contributed by atoms with E-state index < -0.39 is 15.9 Å². The summed E-state index contributed by atoms with van der Waals surface area (Å²) in [5.41, 5.74) is 1.09. The molecular weight excluding hydrogens is 528 g/mol. The highest BCUT2D eigenvalue weighted by Gasteiger charge is 2.26. The van der Waals surface area contributed by atoms with Gasteiger partial charge in [-0.2, -0.15) is 0 Å². The maximum Gasteiger partial charge on any atom is 0.275 e. The monoisotopic (exact) mass is 556 g/mol. The SMILES string of the molecule is COc1ccc(C(=O)CCC(=O)N2CCC(c3nc(C(=O)Nc4cccc(S(N)(=O)=O)c4)cs3)CC2)cc1. The molecule has 0 spiro atoms. The van der Waals surface area contributed by atoms with Gasteiger partial charge < -0.3 is 15.0 Å². The van der Waals surface area contributed by atoms with Gasteiger partial charge in [-0.25, -0.2) is 18.5 Å². The normalized spacial score (nSPS) is 14.2. The number of piperidine rings is 1. The molecule has 200 valence electrons. The Labute approximate surface area is 224 Å². The first-order chi connectivity index (χ1) is 18.1. The molecule has 1 aromatic heterocycles. The number of hydrogen-bond acceptors (Lipinski definition) is 8. The fourth-order valence-corrected chi connectivity index (χ4v) is 5.73. The van der Waals surface area contributed by atoms with Gasteiger partial charge in [0, 0.05) is 48.5 Å². The molecule has 0 bridgehead atoms. The summed E-state index contributed by atoms with van der Waals surface area (Å²) in [6.45, 7) is 1.11. The summed E-state index contributed by atoms with van der Waals surface area (Å²) in [4.78, 5) is 43.9. The van der Waals surface area contributed by atoms with Gasteiger partial charge in [0.1, 0.15) is 11.4 Å². The molecule has 2 heterocycles. The Hall–Kier alpha value is -3.61. The van der Waals surface area contributed by atoms with Crippen molar-refractivity contribution in [3.8, 4) is 5.75 Å². The van der Waals surface area contributed by atoms with E-state index in [2.05, 4.69) is 10.3 Å². The predicted octanol–water partition coefficient (Wildman–Crippen LogP) is 3.42. The number of nitrogens with zero attached hydrogens (tertiary/aromatic N) is 2. The number of carbonyl (C=O) groups is 3. The summed E-state index contributed by atoms with van der Waals surface area (Å²) in [7, 11) is -2.32. The van der Waals surface area contributed by atoms with Crippen LogP contribution in [0.5, 0.6) is 5.75 Å². The van der Waals surface area contributed by atoms with Gasteiger partial charge in [0.05, 0.1) is 17.0 Å². The lowest BCUT2D eigenvalue weighted by atomic mass is 9.97. The second-order valence-electron chi connectivity index (χ2n) is 8.90. The van der Waals surface area contributed by atoms with Crippen LogP contribution in [-0.2, 0) is 14.8 Å². The summed E-state index contributed by atoms with van der Waals surface area (Å²) in [5.74, 6) is 0.209. The first kappa shape index (κ1) is 27.4. The van der Waals surface area contributed by atoms with Gasteiger partial charge in [-0.3, -0.25) is 14.4 Å². The second-order valence-corrected chi connectivity index (χ2v) is 11.4. The number of sulfonamides is 1. The van der Waals surface area contributed by atoms with E-state index in [9.17, 15) is 22.8 Å². The number of benzene rings is 2. The maximum atomic E-state index is 12.7. The van der Waals surface area contributed by atoms with Crippen LogP contribution in [0.4, 0.5) is 5.69 Å². The number of nitrogens with two attached hydrogens (primary N) is 1. The minimum absolute atomic E-state index is 0.0498. The summed E-state index contributed by atoms with van der Waals surface area (Å²) >= 11 is 1.38. The van der Waals surface area contributed by atoms with Crippen LogP contribution >= 0.6 is 11.3 Å². The Kier molecular flexibility index (Phi) is 8.55. The molecule has 2 amide bonds. The zero-order chi connectivity index (χ0) is 27.3. The Morgan fingerprint density at radius 1 is 1.11 bits per heavy atom. The van der Waals surface area contributed by atoms with Crippen molar-refractivity contribution in [2.75, 3.05) is 25.5 Å². The van der Waals surface area contributed by atoms with E-state index in [1.54, 1.807) is 47.7 Å². The van der Waals surface area contributed by atoms with Crippen LogP contribution in [0.1, 0.15) is 57.5 Å². The molecular formula is C26H28N4O6S2. The van der Waals surface area contributed by atoms with Crippen LogP contribution in [0, 0.1) is 0 Å². The number of aromatic nitrogens is 1. The highest BCUT2D eigenvalue weighted by Crippen LogP contribution is 2.31. The smallest absolute Gasteiger partial charge is 0.275 e. The predicted molar refractivity (Wildman–Crippen MR) is 143 cm³/mol. The summed E-state index contributed by atoms with van der Waals surface area (Å²) in [6.07, 6.45) is 1.73. The number of ether oxygens (including phenoxy) is 1. The highest BCUT2D eigenvalue weighted by atomic mass is 32.2. The maximum absolute atomic E-state index is 12.7. The van der Waals surface area contributed by atoms with E-state index in [1.165, 1.54) is 29.5 Å². The number of Topliss-reactive ketones (excluding diaryl/α,β-unsaturated/α-hetero) is 1. The van der Waals surface area contributed by atoms with Crippen molar-refractivity contribution >= 4 is 44.6 Å². The molecule has 0 radical (unpaired) electrons. The molecule has 10 nitrogen and oxygen atoms in total. The van der Waals surface area contributed by atoms with Gasteiger partial charge in [0.2, 0.25) is 15.9 Å². The zero-order valence-corrected chi connectivity index (χ0v) is 22.4. The molecule has 0 atom stereocenters. The van der Waals surface area contributed by atoms with Crippen molar-refractivity contribution in [1.29, 1.82) is 0 Å². The molecule has 38 heavy (non-hydrogen) atoms. The number of thiazole rings is 1. The van der Waals surface area contributed by atoms with Crippen molar-refractivity contribution in [3.63, 3.8) is 0 Å². The number of primary sulfonamides is 1. The first-order valence-corrected chi connectivity index (χ1v) is 14.4. The zero-order valence-electron chi connectivity index (χ0n) is 20.8. The Morgan fingerprint density at radius 2 is 1.82 bits per heavy atom. The first-order valence-electron chi connectivity index (χ1n) is 12.0. The minimum atomic E-state index is -3.88. The number of amides is 2. The van der Waals surface area contributed by atoms with Crippen LogP contribution < -0.4 is 15.2 Å². The van der Waals surface area contributed by atoms with Crippen LogP contribution in [-0.4, -0.2) is 56.1 Å². The molecule has 2 aromatic carbocycles. The van der Waals surface area contributed by atoms with Crippen molar-refractivity contribution in [3.05, 3.63) is 70.2 Å². The van der Waals surface area contributed by atoms with E-state index in [0.29, 0.717) is 42.9 Å². The van der Waals surface area contributed by atoms with Crippen LogP contribution in [0.2, 0.25) is 0 Å². The van der Waals surface area contributed by atoms with E-state index in [4.69, 9.17) is 9.88 Å². The van der Waals surface area contributed by atoms with Crippen LogP contribution in [0.15, 0.2) is 58.8 Å². The molecule has 1 aliphatic rings. The van der Waals surface area contributed by atoms with Gasteiger partial charge in [0.15, 0.2) is 5.78 Å². The third-order valence-electron chi connectivity index (χ3n) is 6.35. The third-order valence-corrected chi connectivity index (χ3v) is 8.27. The number of ketones is 1. The highest BCUT2D eigenvalue weighted by molar-refractivity contribution is 7.89. The van der Waals surface area contributed by atoms with Gasteiger partial charge in [0.25, 0.3) is 5.91 Å². The van der Waals surface area contributed by atoms with Crippen molar-refractivity contribution in [1.82, 2.24) is 9.88 Å². The molecule has 3 N–H and O–H groups in total. The average Bonchev–Trinajstić information content (AvgIpc) is 3.42. The molecule has 0 saturated carbocycles. The molecule has 1 fully saturated rings. The summed E-state index contributed by atoms with van der Waals surface area (Å²) < 4.78 is 28.2. The number of rotatable bonds is 9. The number of likely N-dealkylation sites (tertiary alicyclic amines) is 1. The van der Waals surface area contributed by atoms with E-state index >= 15 is 0 Å². The fourth-order valence-electron chi connectivity index (χ4n) is 4.20. The van der Waals surface area contributed by atoms with E-state index in [-0.39, 0.29) is 41.0 Å². The summed E-state index contributed by atoms with van der Waals surface area (Å²) in [5, 5.41) is 10.3. The second kappa shape index (κ2) is 11.8. The average molecular weight is 557 g/mol. The molecule has 4 rings (SSSR count). The third kappa shape index (κ3) is 6.82. The lowest BCUT2D eigenvalue weighted by Crippen LogP contribution is -2.38. The van der Waals surface area contributed by atoms with E-state index in [1.807, 2.05) is 0 Å². The Morgan fingerprint density at radius 3 is 2.47 bits per heavy atom. The van der Waals surface area contributed by atoms with Crippen LogP contribution in [0.3, 0.4) is 0 Å². The largest absolute Gasteiger partial charge is 0.497 e. The lowest BCUT2D eigenvalue weighted by Gasteiger charge is -2.31. The van der Waals surface area contributed by atoms with E-state index in [0.717, 1.165) is 5.01 Å².